The van der Waals surface area contributed by atoms with Crippen LogP contribution in [0.15, 0.2) is 24.3 Å². The number of amides is 1. The van der Waals surface area contributed by atoms with E-state index in [1.54, 1.807) is 29.2 Å². The number of benzene rings is 1. The Balaban J connectivity index is 1.88. The van der Waals surface area contributed by atoms with Gasteiger partial charge in [-0.05, 0) is 25.0 Å². The number of hydrogen-bond acceptors (Lipinski definition) is 4. The largest absolute Gasteiger partial charge is 0.495 e. The van der Waals surface area contributed by atoms with Crippen molar-refractivity contribution >= 4 is 11.6 Å². The van der Waals surface area contributed by atoms with Gasteiger partial charge in [0, 0.05) is 13.1 Å². The molecule has 1 aliphatic heterocycles. The van der Waals surface area contributed by atoms with E-state index in [0.717, 1.165) is 0 Å². The highest BCUT2D eigenvalue weighted by Crippen LogP contribution is 2.38. The maximum absolute atomic E-state index is 12.7. The molecule has 8 heteroatoms. The van der Waals surface area contributed by atoms with Gasteiger partial charge in [0.15, 0.2) is 5.60 Å². The molecule has 1 saturated heterocycles. The van der Waals surface area contributed by atoms with E-state index in [-0.39, 0.29) is 25.5 Å². The molecule has 0 unspecified atom stereocenters. The smallest absolute Gasteiger partial charge is 0.417 e. The average Bonchev–Trinajstić information content (AvgIpc) is 2.49. The summed E-state index contributed by atoms with van der Waals surface area (Å²) >= 11 is 0. The first-order valence-electron chi connectivity index (χ1n) is 7.19. The molecule has 0 aromatic heterocycles. The molecule has 1 amide bonds. The number of nitrogens with one attached hydrogen (secondary N) is 1. The molecule has 1 fully saturated rings. The average molecular weight is 332 g/mol. The standard InChI is InChI=1S/C15H19F3N2O3/c1-23-12-5-3-2-4-11(12)19-13(21)10-20-8-6-14(22,7-9-20)15(16,17)18/h2-5,22H,6-10H2,1H3,(H,19,21). The molecule has 0 aliphatic carbocycles. The third-order valence-corrected chi connectivity index (χ3v) is 3.96. The number of carbonyl (C=O) groups excluding carboxylic acids is 1. The van der Waals surface area contributed by atoms with Crippen LogP contribution in [0.25, 0.3) is 0 Å². The number of likely N-dealkylation sites (tertiary alicyclic amines) is 1. The molecule has 1 heterocycles. The summed E-state index contributed by atoms with van der Waals surface area (Å²) in [5.41, 5.74) is -2.15. The highest BCUT2D eigenvalue weighted by molar-refractivity contribution is 5.93. The minimum absolute atomic E-state index is 0.00928. The third kappa shape index (κ3) is 4.14. The third-order valence-electron chi connectivity index (χ3n) is 3.96. The summed E-state index contributed by atoms with van der Waals surface area (Å²) in [6.45, 7) is -0.0172. The number of hydrogen-bond donors (Lipinski definition) is 2. The lowest BCUT2D eigenvalue weighted by Gasteiger charge is -2.38. The highest BCUT2D eigenvalue weighted by Gasteiger charge is 2.54. The lowest BCUT2D eigenvalue weighted by atomic mass is 9.91. The van der Waals surface area contributed by atoms with Gasteiger partial charge in [-0.15, -0.1) is 0 Å². The molecule has 0 atom stereocenters. The van der Waals surface area contributed by atoms with E-state index in [2.05, 4.69) is 5.32 Å². The molecule has 0 spiro atoms. The Hall–Kier alpha value is -1.80. The highest BCUT2D eigenvalue weighted by atomic mass is 19.4. The van der Waals surface area contributed by atoms with Gasteiger partial charge in [-0.2, -0.15) is 13.2 Å². The van der Waals surface area contributed by atoms with E-state index in [1.165, 1.54) is 7.11 Å². The van der Waals surface area contributed by atoms with Crippen molar-refractivity contribution in [2.75, 3.05) is 32.1 Å². The fourth-order valence-electron chi connectivity index (χ4n) is 2.51. The summed E-state index contributed by atoms with van der Waals surface area (Å²) in [4.78, 5) is 13.6. The van der Waals surface area contributed by atoms with E-state index in [1.807, 2.05) is 0 Å². The Labute approximate surface area is 132 Å². The van der Waals surface area contributed by atoms with Crippen molar-refractivity contribution in [1.29, 1.82) is 0 Å². The molecule has 1 aliphatic rings. The maximum Gasteiger partial charge on any atom is 0.417 e. The number of anilines is 1. The first-order valence-corrected chi connectivity index (χ1v) is 7.19. The van der Waals surface area contributed by atoms with Crippen LogP contribution in [0.5, 0.6) is 5.75 Å². The van der Waals surface area contributed by atoms with E-state index in [4.69, 9.17) is 4.74 Å². The van der Waals surface area contributed by atoms with Crippen LogP contribution in [0.2, 0.25) is 0 Å². The normalized spacial score (nSPS) is 18.5. The fourth-order valence-corrected chi connectivity index (χ4v) is 2.51. The SMILES string of the molecule is COc1ccccc1NC(=O)CN1CCC(O)(C(F)(F)F)CC1. The molecule has 1 aromatic rings. The van der Waals surface area contributed by atoms with Crippen molar-refractivity contribution in [2.24, 2.45) is 0 Å². The van der Waals surface area contributed by atoms with Crippen molar-refractivity contribution in [2.45, 2.75) is 24.6 Å². The van der Waals surface area contributed by atoms with Crippen LogP contribution >= 0.6 is 0 Å². The summed E-state index contributed by atoms with van der Waals surface area (Å²) in [5, 5.41) is 12.3. The lowest BCUT2D eigenvalue weighted by Crippen LogP contribution is -2.54. The molecular formula is C15H19F3N2O3. The summed E-state index contributed by atoms with van der Waals surface area (Å²) in [5.74, 6) is 0.165. The maximum atomic E-state index is 12.7. The van der Waals surface area contributed by atoms with Crippen molar-refractivity contribution in [1.82, 2.24) is 4.90 Å². The number of para-hydroxylation sites is 2. The number of piperidine rings is 1. The molecule has 0 saturated carbocycles. The molecule has 2 rings (SSSR count). The molecule has 5 nitrogen and oxygen atoms in total. The Morgan fingerprint density at radius 2 is 1.96 bits per heavy atom. The van der Waals surface area contributed by atoms with E-state index >= 15 is 0 Å². The zero-order valence-corrected chi connectivity index (χ0v) is 12.7. The van der Waals surface area contributed by atoms with Gasteiger partial charge in [0.05, 0.1) is 19.3 Å². The van der Waals surface area contributed by atoms with Gasteiger partial charge in [-0.3, -0.25) is 9.69 Å². The molecule has 0 bridgehead atoms. The Kier molecular flexibility index (Phi) is 5.16. The molecule has 128 valence electrons. The zero-order valence-electron chi connectivity index (χ0n) is 12.7. The van der Waals surface area contributed by atoms with Crippen LogP contribution in [-0.4, -0.2) is 54.4 Å². The number of methoxy groups -OCH3 is 1. The quantitative estimate of drug-likeness (QED) is 0.886. The number of carbonyl (C=O) groups is 1. The molecule has 2 N–H and O–H groups in total. The van der Waals surface area contributed by atoms with Crippen LogP contribution in [0, 0.1) is 0 Å². The van der Waals surface area contributed by atoms with Crippen LogP contribution in [0.3, 0.4) is 0 Å². The molecular weight excluding hydrogens is 313 g/mol. The molecule has 1 aromatic carbocycles. The van der Waals surface area contributed by atoms with E-state index < -0.39 is 24.6 Å². The minimum atomic E-state index is -4.64. The Morgan fingerprint density at radius 3 is 2.52 bits per heavy atom. The molecule has 23 heavy (non-hydrogen) atoms. The summed E-state index contributed by atoms with van der Waals surface area (Å²) in [6.07, 6.45) is -5.50. The van der Waals surface area contributed by atoms with Crippen LogP contribution in [0.1, 0.15) is 12.8 Å². The second-order valence-electron chi connectivity index (χ2n) is 5.55. The van der Waals surface area contributed by atoms with Crippen LogP contribution in [-0.2, 0) is 4.79 Å². The molecule has 0 radical (unpaired) electrons. The van der Waals surface area contributed by atoms with Crippen LogP contribution in [0.4, 0.5) is 18.9 Å². The Bertz CT molecular complexity index is 555. The second-order valence-corrected chi connectivity index (χ2v) is 5.55. The topological polar surface area (TPSA) is 61.8 Å². The number of nitrogens with zero attached hydrogens (tertiary/aromatic N) is 1. The number of aliphatic hydroxyl groups is 1. The van der Waals surface area contributed by atoms with Crippen molar-refractivity contribution in [3.8, 4) is 5.75 Å². The Morgan fingerprint density at radius 1 is 1.35 bits per heavy atom. The summed E-state index contributed by atoms with van der Waals surface area (Å²) in [6, 6.07) is 6.87. The van der Waals surface area contributed by atoms with Gasteiger partial charge in [-0.1, -0.05) is 12.1 Å². The number of alkyl halides is 3. The number of rotatable bonds is 4. The monoisotopic (exact) mass is 332 g/mol. The van der Waals surface area contributed by atoms with Gasteiger partial charge in [0.1, 0.15) is 5.75 Å². The van der Waals surface area contributed by atoms with Gasteiger partial charge in [0.25, 0.3) is 0 Å². The predicted octanol–water partition coefficient (Wildman–Crippen LogP) is 2.02. The number of halogens is 3. The van der Waals surface area contributed by atoms with E-state index in [9.17, 15) is 23.1 Å². The van der Waals surface area contributed by atoms with Crippen molar-refractivity contribution < 1.29 is 27.8 Å². The first kappa shape index (κ1) is 17.6. The zero-order chi connectivity index (χ0) is 17.1. The van der Waals surface area contributed by atoms with Crippen molar-refractivity contribution in [3.63, 3.8) is 0 Å². The van der Waals surface area contributed by atoms with E-state index in [0.29, 0.717) is 11.4 Å². The van der Waals surface area contributed by atoms with Gasteiger partial charge < -0.3 is 15.2 Å². The summed E-state index contributed by atoms with van der Waals surface area (Å²) in [7, 11) is 1.48. The predicted molar refractivity (Wildman–Crippen MR) is 78.3 cm³/mol. The first-order chi connectivity index (χ1) is 10.7. The second kappa shape index (κ2) is 6.76. The number of ether oxygens (including phenoxy) is 1. The van der Waals surface area contributed by atoms with Crippen molar-refractivity contribution in [3.05, 3.63) is 24.3 Å². The minimum Gasteiger partial charge on any atom is -0.495 e. The van der Waals surface area contributed by atoms with Crippen LogP contribution < -0.4 is 10.1 Å². The van der Waals surface area contributed by atoms with Gasteiger partial charge in [0.2, 0.25) is 5.91 Å². The fraction of sp³-hybridized carbons (Fsp3) is 0.533. The summed E-state index contributed by atoms with van der Waals surface area (Å²) < 4.78 is 43.3. The van der Waals surface area contributed by atoms with Gasteiger partial charge >= 0.3 is 6.18 Å². The van der Waals surface area contributed by atoms with Gasteiger partial charge in [-0.25, -0.2) is 0 Å². The lowest BCUT2D eigenvalue weighted by molar-refractivity contribution is -0.272.